The summed E-state index contributed by atoms with van der Waals surface area (Å²) < 4.78 is 1.76. The minimum absolute atomic E-state index is 0.0970. The van der Waals surface area contributed by atoms with Crippen LogP contribution in [0.15, 0.2) is 12.1 Å². The van der Waals surface area contributed by atoms with Gasteiger partial charge >= 0.3 is 5.97 Å². The molecule has 1 N–H and O–H groups in total. The van der Waals surface area contributed by atoms with Crippen molar-refractivity contribution in [2.45, 2.75) is 41.2 Å². The number of aromatic carboxylic acids is 1. The Balaban J connectivity index is 2.77. The number of hydrogen-bond acceptors (Lipinski definition) is 2. The van der Waals surface area contributed by atoms with E-state index in [0.717, 1.165) is 11.3 Å². The van der Waals surface area contributed by atoms with Gasteiger partial charge < -0.3 is 5.11 Å². The highest BCUT2D eigenvalue weighted by atomic mass is 16.4. The van der Waals surface area contributed by atoms with Gasteiger partial charge in [0, 0.05) is 12.1 Å². The van der Waals surface area contributed by atoms with Gasteiger partial charge in [-0.3, -0.25) is 4.68 Å². The third-order valence-electron chi connectivity index (χ3n) is 3.92. The van der Waals surface area contributed by atoms with E-state index in [1.165, 1.54) is 22.3 Å². The fraction of sp³-hybridized carbons (Fsp3) is 0.375. The lowest BCUT2D eigenvalue weighted by atomic mass is 9.92. The summed E-state index contributed by atoms with van der Waals surface area (Å²) in [4.78, 5) is 11.1. The van der Waals surface area contributed by atoms with Crippen molar-refractivity contribution in [2.24, 2.45) is 0 Å². The second-order valence-corrected chi connectivity index (χ2v) is 5.17. The number of carboxylic acids is 1. The van der Waals surface area contributed by atoms with E-state index in [1.807, 2.05) is 6.92 Å². The molecule has 1 heterocycles. The summed E-state index contributed by atoms with van der Waals surface area (Å²) in [5.74, 6) is -0.988. The number of carboxylic acid groups (broad SMARTS) is 1. The van der Waals surface area contributed by atoms with Crippen LogP contribution in [-0.4, -0.2) is 20.9 Å². The second-order valence-electron chi connectivity index (χ2n) is 5.17. The van der Waals surface area contributed by atoms with Crippen molar-refractivity contribution in [1.29, 1.82) is 0 Å². The molecular formula is C16H20N2O2. The van der Waals surface area contributed by atoms with Gasteiger partial charge in [0.15, 0.2) is 5.69 Å². The molecular weight excluding hydrogens is 252 g/mol. The first-order valence-corrected chi connectivity index (χ1v) is 6.75. The Bertz CT molecular complexity index is 658. The van der Waals surface area contributed by atoms with Gasteiger partial charge in [-0.05, 0) is 62.9 Å². The maximum atomic E-state index is 11.1. The highest BCUT2D eigenvalue weighted by Gasteiger charge is 2.18. The van der Waals surface area contributed by atoms with E-state index in [4.69, 9.17) is 5.11 Å². The van der Waals surface area contributed by atoms with Crippen molar-refractivity contribution in [2.75, 3.05) is 0 Å². The topological polar surface area (TPSA) is 55.1 Å². The number of nitrogens with zero attached hydrogens (tertiary/aromatic N) is 2. The van der Waals surface area contributed by atoms with Crippen molar-refractivity contribution < 1.29 is 9.90 Å². The van der Waals surface area contributed by atoms with Crippen LogP contribution in [0.2, 0.25) is 0 Å². The molecule has 2 rings (SSSR count). The number of hydrogen-bond donors (Lipinski definition) is 1. The van der Waals surface area contributed by atoms with Crippen LogP contribution in [0.5, 0.6) is 0 Å². The fourth-order valence-electron chi connectivity index (χ4n) is 2.56. The first kappa shape index (κ1) is 14.3. The van der Waals surface area contributed by atoms with Crippen LogP contribution in [0.3, 0.4) is 0 Å². The molecule has 0 bridgehead atoms. The minimum atomic E-state index is -0.988. The van der Waals surface area contributed by atoms with Gasteiger partial charge in [-0.1, -0.05) is 6.07 Å². The number of aromatic nitrogens is 2. The molecule has 0 fully saturated rings. The predicted octanol–water partition coefficient (Wildman–Crippen LogP) is 3.50. The predicted molar refractivity (Wildman–Crippen MR) is 79.2 cm³/mol. The van der Waals surface area contributed by atoms with E-state index in [1.54, 1.807) is 10.7 Å². The Morgan fingerprint density at radius 1 is 1.15 bits per heavy atom. The van der Waals surface area contributed by atoms with Crippen LogP contribution in [0.1, 0.15) is 39.7 Å². The molecule has 1 aromatic heterocycles. The Kier molecular flexibility index (Phi) is 3.66. The number of carbonyl (C=O) groups is 1. The summed E-state index contributed by atoms with van der Waals surface area (Å²) >= 11 is 0. The van der Waals surface area contributed by atoms with Crippen molar-refractivity contribution >= 4 is 5.97 Å². The van der Waals surface area contributed by atoms with Gasteiger partial charge in [0.2, 0.25) is 0 Å². The quantitative estimate of drug-likeness (QED) is 0.930. The normalized spacial score (nSPS) is 10.8. The number of rotatable bonds is 3. The summed E-state index contributed by atoms with van der Waals surface area (Å²) in [5.41, 5.74) is 6.86. The number of aryl methyl sites for hydroxylation is 3. The van der Waals surface area contributed by atoms with E-state index in [9.17, 15) is 4.79 Å². The van der Waals surface area contributed by atoms with Gasteiger partial charge in [-0.2, -0.15) is 5.10 Å². The molecule has 2 aromatic rings. The molecule has 0 amide bonds. The van der Waals surface area contributed by atoms with Crippen LogP contribution in [0, 0.1) is 27.7 Å². The first-order chi connectivity index (χ1) is 9.36. The van der Waals surface area contributed by atoms with Crippen molar-refractivity contribution in [3.8, 4) is 11.3 Å². The molecule has 0 atom stereocenters. The standard InChI is InChI=1S/C16H20N2O2/c1-6-18-14(8-13(17-18)16(19)20)15-11(4)9(2)7-10(3)12(15)5/h7-8H,6H2,1-5H3,(H,19,20). The van der Waals surface area contributed by atoms with Crippen molar-refractivity contribution in [3.05, 3.63) is 40.1 Å². The van der Waals surface area contributed by atoms with E-state index < -0.39 is 5.97 Å². The monoisotopic (exact) mass is 272 g/mol. The average Bonchev–Trinajstić information content (AvgIpc) is 2.81. The summed E-state index contributed by atoms with van der Waals surface area (Å²) in [6.07, 6.45) is 0. The molecule has 106 valence electrons. The lowest BCUT2D eigenvalue weighted by Crippen LogP contribution is -2.04. The second kappa shape index (κ2) is 5.12. The molecule has 0 unspecified atom stereocenters. The zero-order chi connectivity index (χ0) is 15.0. The molecule has 0 aliphatic rings. The zero-order valence-corrected chi connectivity index (χ0v) is 12.6. The minimum Gasteiger partial charge on any atom is -0.476 e. The molecule has 0 saturated heterocycles. The Morgan fingerprint density at radius 3 is 2.15 bits per heavy atom. The van der Waals surface area contributed by atoms with E-state index in [-0.39, 0.29) is 5.69 Å². The highest BCUT2D eigenvalue weighted by molar-refractivity contribution is 5.87. The van der Waals surface area contributed by atoms with Crippen LogP contribution in [0.25, 0.3) is 11.3 Å². The van der Waals surface area contributed by atoms with Crippen molar-refractivity contribution in [3.63, 3.8) is 0 Å². The summed E-state index contributed by atoms with van der Waals surface area (Å²) in [5, 5.41) is 13.3. The zero-order valence-electron chi connectivity index (χ0n) is 12.6. The molecule has 1 aromatic carbocycles. The Labute approximate surface area is 119 Å². The third-order valence-corrected chi connectivity index (χ3v) is 3.92. The van der Waals surface area contributed by atoms with Crippen LogP contribution in [-0.2, 0) is 6.54 Å². The molecule has 0 aliphatic heterocycles. The van der Waals surface area contributed by atoms with Crippen LogP contribution in [0.4, 0.5) is 0 Å². The summed E-state index contributed by atoms with van der Waals surface area (Å²) in [6.45, 7) is 10.9. The highest BCUT2D eigenvalue weighted by Crippen LogP contribution is 2.32. The van der Waals surface area contributed by atoms with E-state index >= 15 is 0 Å². The molecule has 0 aliphatic carbocycles. The molecule has 0 saturated carbocycles. The summed E-state index contributed by atoms with van der Waals surface area (Å²) in [7, 11) is 0. The van der Waals surface area contributed by atoms with Crippen molar-refractivity contribution in [1.82, 2.24) is 9.78 Å². The molecule has 0 spiro atoms. The molecule has 0 radical (unpaired) electrons. The average molecular weight is 272 g/mol. The summed E-state index contributed by atoms with van der Waals surface area (Å²) in [6, 6.07) is 3.83. The fourth-order valence-corrected chi connectivity index (χ4v) is 2.56. The molecule has 20 heavy (non-hydrogen) atoms. The van der Waals surface area contributed by atoms with Gasteiger partial charge in [0.1, 0.15) is 0 Å². The largest absolute Gasteiger partial charge is 0.476 e. The van der Waals surface area contributed by atoms with E-state index in [2.05, 4.69) is 38.9 Å². The SMILES string of the molecule is CCn1nc(C(=O)O)cc1-c1c(C)c(C)cc(C)c1C. The lowest BCUT2D eigenvalue weighted by molar-refractivity contribution is 0.0689. The maximum absolute atomic E-state index is 11.1. The first-order valence-electron chi connectivity index (χ1n) is 6.75. The lowest BCUT2D eigenvalue weighted by Gasteiger charge is -2.16. The van der Waals surface area contributed by atoms with E-state index in [0.29, 0.717) is 6.54 Å². The van der Waals surface area contributed by atoms with Gasteiger partial charge in [0.05, 0.1) is 5.69 Å². The molecule has 4 heteroatoms. The van der Waals surface area contributed by atoms with Gasteiger partial charge in [-0.25, -0.2) is 4.79 Å². The Hall–Kier alpha value is -2.10. The van der Waals surface area contributed by atoms with Gasteiger partial charge in [0.25, 0.3) is 0 Å². The maximum Gasteiger partial charge on any atom is 0.356 e. The van der Waals surface area contributed by atoms with Gasteiger partial charge in [-0.15, -0.1) is 0 Å². The Morgan fingerprint density at radius 2 is 1.70 bits per heavy atom. The van der Waals surface area contributed by atoms with Crippen LogP contribution < -0.4 is 0 Å². The molecule has 4 nitrogen and oxygen atoms in total. The third kappa shape index (κ3) is 2.22. The van der Waals surface area contributed by atoms with Crippen LogP contribution >= 0.6 is 0 Å². The number of benzene rings is 1. The smallest absolute Gasteiger partial charge is 0.356 e.